The Morgan fingerprint density at radius 1 is 1.28 bits per heavy atom. The van der Waals surface area contributed by atoms with Gasteiger partial charge in [-0.3, -0.25) is 0 Å². The van der Waals surface area contributed by atoms with Crippen molar-refractivity contribution in [3.8, 4) is 11.5 Å². The molecule has 0 unspecified atom stereocenters. The van der Waals surface area contributed by atoms with E-state index in [2.05, 4.69) is 15.9 Å². The summed E-state index contributed by atoms with van der Waals surface area (Å²) in [6, 6.07) is 5.28. The van der Waals surface area contributed by atoms with E-state index in [-0.39, 0.29) is 18.1 Å². The molecule has 0 spiro atoms. The Morgan fingerprint density at radius 2 is 2.00 bits per heavy atom. The molecule has 0 aliphatic rings. The monoisotopic (exact) mass is 336 g/mol. The van der Waals surface area contributed by atoms with E-state index in [9.17, 15) is 8.42 Å². The Morgan fingerprint density at radius 3 is 2.56 bits per heavy atom. The van der Waals surface area contributed by atoms with Crippen molar-refractivity contribution in [2.75, 3.05) is 25.2 Å². The molecular weight excluding hydrogens is 320 g/mol. The highest BCUT2D eigenvalue weighted by Crippen LogP contribution is 2.29. The summed E-state index contributed by atoms with van der Waals surface area (Å²) >= 11 is 3.34. The van der Waals surface area contributed by atoms with Gasteiger partial charge >= 0.3 is 0 Å². The minimum absolute atomic E-state index is 0.0410. The minimum Gasteiger partial charge on any atom is -0.497 e. The summed E-state index contributed by atoms with van der Waals surface area (Å²) in [6.45, 7) is 2.01. The van der Waals surface area contributed by atoms with Gasteiger partial charge in [-0.2, -0.15) is 0 Å². The van der Waals surface area contributed by atoms with Crippen molar-refractivity contribution in [3.05, 3.63) is 22.7 Å². The number of benzene rings is 1. The van der Waals surface area contributed by atoms with Gasteiger partial charge in [-0.1, -0.05) is 6.92 Å². The Labute approximate surface area is 116 Å². The van der Waals surface area contributed by atoms with Gasteiger partial charge in [0, 0.05) is 0 Å². The minimum atomic E-state index is -2.99. The average molecular weight is 337 g/mol. The molecule has 6 heteroatoms. The van der Waals surface area contributed by atoms with Crippen molar-refractivity contribution < 1.29 is 17.9 Å². The predicted octanol–water partition coefficient (Wildman–Crippen LogP) is 2.66. The highest BCUT2D eigenvalue weighted by Gasteiger charge is 2.10. The zero-order valence-corrected chi connectivity index (χ0v) is 12.9. The number of halogens is 1. The van der Waals surface area contributed by atoms with Crippen molar-refractivity contribution in [2.45, 2.75) is 13.3 Å². The van der Waals surface area contributed by atoms with Crippen LogP contribution in [0.15, 0.2) is 22.7 Å². The number of methoxy groups -OCH3 is 1. The van der Waals surface area contributed by atoms with Crippen LogP contribution in [0.3, 0.4) is 0 Å². The molecule has 0 bridgehead atoms. The van der Waals surface area contributed by atoms with Gasteiger partial charge in [0.2, 0.25) is 0 Å². The largest absolute Gasteiger partial charge is 0.497 e. The second-order valence-corrected chi connectivity index (χ2v) is 6.95. The first-order chi connectivity index (χ1) is 8.48. The highest BCUT2D eigenvalue weighted by atomic mass is 79.9. The second kappa shape index (κ2) is 6.99. The number of sulfone groups is 1. The molecule has 0 saturated carbocycles. The molecule has 0 saturated heterocycles. The average Bonchev–Trinajstić information content (AvgIpc) is 2.31. The third-order valence-corrected chi connectivity index (χ3v) is 4.74. The normalized spacial score (nSPS) is 11.3. The maximum atomic E-state index is 11.5. The van der Waals surface area contributed by atoms with Gasteiger partial charge in [0.05, 0.1) is 23.1 Å². The second-order valence-electron chi connectivity index (χ2n) is 3.80. The topological polar surface area (TPSA) is 52.6 Å². The summed E-state index contributed by atoms with van der Waals surface area (Å²) in [5.41, 5.74) is 0. The van der Waals surface area contributed by atoms with Crippen molar-refractivity contribution in [2.24, 2.45) is 0 Å². The Bertz CT molecular complexity index is 485. The lowest BCUT2D eigenvalue weighted by Gasteiger charge is -2.09. The van der Waals surface area contributed by atoms with Gasteiger partial charge in [-0.05, 0) is 40.5 Å². The molecular formula is C12H17BrO4S. The first-order valence-corrected chi connectivity index (χ1v) is 8.26. The molecule has 0 aromatic heterocycles. The van der Waals surface area contributed by atoms with Gasteiger partial charge in [-0.15, -0.1) is 0 Å². The van der Waals surface area contributed by atoms with E-state index < -0.39 is 9.84 Å². The van der Waals surface area contributed by atoms with E-state index in [4.69, 9.17) is 9.47 Å². The molecule has 0 radical (unpaired) electrons. The Balaban J connectivity index is 2.54. The number of ether oxygens (including phenoxy) is 2. The SMILES string of the molecule is CCCS(=O)(=O)CCOc1ccc(OC)cc1Br. The zero-order valence-electron chi connectivity index (χ0n) is 10.5. The van der Waals surface area contributed by atoms with Gasteiger partial charge in [0.25, 0.3) is 0 Å². The fourth-order valence-corrected chi connectivity index (χ4v) is 3.05. The predicted molar refractivity (Wildman–Crippen MR) is 75.1 cm³/mol. The molecule has 1 rings (SSSR count). The summed E-state index contributed by atoms with van der Waals surface area (Å²) < 4.78 is 34.2. The van der Waals surface area contributed by atoms with Gasteiger partial charge in [-0.25, -0.2) is 8.42 Å². The fourth-order valence-electron chi connectivity index (χ4n) is 1.42. The summed E-state index contributed by atoms with van der Waals surface area (Å²) in [4.78, 5) is 0. The quantitative estimate of drug-likeness (QED) is 0.768. The molecule has 102 valence electrons. The number of hydrogen-bond acceptors (Lipinski definition) is 4. The number of rotatable bonds is 7. The van der Waals surface area contributed by atoms with Crippen LogP contribution < -0.4 is 9.47 Å². The van der Waals surface area contributed by atoms with Gasteiger partial charge < -0.3 is 9.47 Å². The van der Waals surface area contributed by atoms with E-state index in [1.165, 1.54) is 0 Å². The lowest BCUT2D eigenvalue weighted by atomic mass is 10.3. The van der Waals surface area contributed by atoms with Crippen LogP contribution in [0.4, 0.5) is 0 Å². The molecule has 4 nitrogen and oxygen atoms in total. The van der Waals surface area contributed by atoms with Crippen LogP contribution in [0.25, 0.3) is 0 Å². The molecule has 0 N–H and O–H groups in total. The van der Waals surface area contributed by atoms with Crippen LogP contribution in [0, 0.1) is 0 Å². The van der Waals surface area contributed by atoms with Crippen molar-refractivity contribution in [1.82, 2.24) is 0 Å². The summed E-state index contributed by atoms with van der Waals surface area (Å²) in [5, 5.41) is 0. The van der Waals surface area contributed by atoms with Crippen LogP contribution in [-0.2, 0) is 9.84 Å². The van der Waals surface area contributed by atoms with Crippen molar-refractivity contribution >= 4 is 25.8 Å². The molecule has 0 atom stereocenters. The zero-order chi connectivity index (χ0) is 13.6. The van der Waals surface area contributed by atoms with Crippen molar-refractivity contribution in [1.29, 1.82) is 0 Å². The lowest BCUT2D eigenvalue weighted by Crippen LogP contribution is -2.16. The van der Waals surface area contributed by atoms with E-state index in [0.717, 1.165) is 4.47 Å². The first-order valence-electron chi connectivity index (χ1n) is 5.65. The maximum absolute atomic E-state index is 11.5. The standard InChI is InChI=1S/C12H17BrO4S/c1-3-7-18(14,15)8-6-17-12-5-4-10(16-2)9-11(12)13/h4-5,9H,3,6-8H2,1-2H3. The summed E-state index contributed by atoms with van der Waals surface area (Å²) in [5.74, 6) is 1.58. The van der Waals surface area contributed by atoms with Crippen molar-refractivity contribution in [3.63, 3.8) is 0 Å². The lowest BCUT2D eigenvalue weighted by molar-refractivity contribution is 0.337. The molecule has 0 fully saturated rings. The molecule has 0 amide bonds. The van der Waals surface area contributed by atoms with E-state index in [1.54, 1.807) is 25.3 Å². The molecule has 0 aliphatic carbocycles. The first kappa shape index (κ1) is 15.3. The third-order valence-electron chi connectivity index (χ3n) is 2.31. The van der Waals surface area contributed by atoms with E-state index in [1.807, 2.05) is 6.92 Å². The molecule has 1 aromatic carbocycles. The van der Waals surface area contributed by atoms with Crippen LogP contribution in [0.2, 0.25) is 0 Å². The molecule has 1 aromatic rings. The molecule has 18 heavy (non-hydrogen) atoms. The maximum Gasteiger partial charge on any atom is 0.153 e. The Hall–Kier alpha value is -0.750. The van der Waals surface area contributed by atoms with Gasteiger partial charge in [0.15, 0.2) is 9.84 Å². The van der Waals surface area contributed by atoms with Crippen LogP contribution >= 0.6 is 15.9 Å². The summed E-state index contributed by atoms with van der Waals surface area (Å²) in [6.07, 6.45) is 0.633. The van der Waals surface area contributed by atoms with E-state index >= 15 is 0 Å². The van der Waals surface area contributed by atoms with Crippen LogP contribution in [0.1, 0.15) is 13.3 Å². The van der Waals surface area contributed by atoms with Gasteiger partial charge in [0.1, 0.15) is 18.1 Å². The smallest absolute Gasteiger partial charge is 0.153 e. The van der Waals surface area contributed by atoms with Crippen LogP contribution in [-0.4, -0.2) is 33.6 Å². The molecule has 0 aliphatic heterocycles. The Kier molecular flexibility index (Phi) is 5.95. The fraction of sp³-hybridized carbons (Fsp3) is 0.500. The summed E-state index contributed by atoms with van der Waals surface area (Å²) in [7, 11) is -1.41. The number of hydrogen-bond donors (Lipinski definition) is 0. The van der Waals surface area contributed by atoms with Crippen LogP contribution in [0.5, 0.6) is 11.5 Å². The van der Waals surface area contributed by atoms with E-state index in [0.29, 0.717) is 17.9 Å². The highest BCUT2D eigenvalue weighted by molar-refractivity contribution is 9.10. The molecule has 0 heterocycles. The third kappa shape index (κ3) is 4.86.